The van der Waals surface area contributed by atoms with E-state index in [-0.39, 0.29) is 0 Å². The minimum Gasteiger partial charge on any atom is -0.382 e. The summed E-state index contributed by atoms with van der Waals surface area (Å²) < 4.78 is 26.1. The summed E-state index contributed by atoms with van der Waals surface area (Å²) in [6.45, 7) is 3.53. The minimum absolute atomic E-state index is 0.315. The van der Waals surface area contributed by atoms with E-state index >= 15 is 0 Å². The van der Waals surface area contributed by atoms with Crippen molar-refractivity contribution >= 4 is 0 Å². The molecule has 4 heteroatoms. The van der Waals surface area contributed by atoms with Gasteiger partial charge in [0.25, 0.3) is 6.43 Å². The van der Waals surface area contributed by atoms with Crippen molar-refractivity contribution in [3.05, 3.63) is 23.0 Å². The molecule has 0 aromatic carbocycles. The van der Waals surface area contributed by atoms with Gasteiger partial charge in [-0.3, -0.25) is 0 Å². The molecule has 0 radical (unpaired) electrons. The smallest absolute Gasteiger partial charge is 0.268 e. The average molecular weight is 189 g/mol. The summed E-state index contributed by atoms with van der Waals surface area (Å²) in [6.07, 6.45) is -4.39. The molecule has 1 aromatic rings. The number of aryl methyl sites for hydroxylation is 1. The molecule has 0 saturated carbocycles. The molecular weight excluding hydrogens is 176 g/mol. The van der Waals surface area contributed by atoms with Crippen molar-refractivity contribution in [2.24, 2.45) is 7.05 Å². The van der Waals surface area contributed by atoms with Crippen LogP contribution in [0.3, 0.4) is 0 Å². The van der Waals surface area contributed by atoms with Gasteiger partial charge in [0.05, 0.1) is 0 Å². The quantitative estimate of drug-likeness (QED) is 0.755. The van der Waals surface area contributed by atoms with Crippen molar-refractivity contribution in [3.8, 4) is 0 Å². The van der Waals surface area contributed by atoms with Crippen molar-refractivity contribution in [3.63, 3.8) is 0 Å². The molecule has 1 atom stereocenters. The molecule has 2 nitrogen and oxygen atoms in total. The zero-order chi connectivity index (χ0) is 10.2. The number of aromatic nitrogens is 1. The third kappa shape index (κ3) is 1.72. The largest absolute Gasteiger partial charge is 0.382 e. The first kappa shape index (κ1) is 10.2. The highest BCUT2D eigenvalue weighted by atomic mass is 19.3. The number of rotatable bonds is 2. The van der Waals surface area contributed by atoms with Gasteiger partial charge < -0.3 is 9.67 Å². The second kappa shape index (κ2) is 3.46. The van der Waals surface area contributed by atoms with E-state index in [1.54, 1.807) is 24.6 Å². The van der Waals surface area contributed by atoms with Gasteiger partial charge in [0.2, 0.25) is 0 Å². The molecular formula is C9H13F2NO. The number of hydrogen-bond acceptors (Lipinski definition) is 1. The van der Waals surface area contributed by atoms with Crippen LogP contribution in [0.5, 0.6) is 0 Å². The van der Waals surface area contributed by atoms with E-state index in [0.29, 0.717) is 11.3 Å². The zero-order valence-corrected chi connectivity index (χ0v) is 7.88. The molecule has 0 aliphatic rings. The van der Waals surface area contributed by atoms with Gasteiger partial charge in [-0.05, 0) is 19.9 Å². The van der Waals surface area contributed by atoms with Crippen LogP contribution in [0.2, 0.25) is 0 Å². The number of aliphatic hydroxyl groups excluding tert-OH is 1. The van der Waals surface area contributed by atoms with Gasteiger partial charge in [-0.15, -0.1) is 0 Å². The number of alkyl halides is 2. The van der Waals surface area contributed by atoms with E-state index in [2.05, 4.69) is 0 Å². The van der Waals surface area contributed by atoms with Gasteiger partial charge in [0.1, 0.15) is 6.10 Å². The number of aliphatic hydroxyl groups is 1. The second-order valence-electron chi connectivity index (χ2n) is 3.16. The van der Waals surface area contributed by atoms with Gasteiger partial charge in [0.15, 0.2) is 0 Å². The number of hydrogen-bond donors (Lipinski definition) is 1. The summed E-state index contributed by atoms with van der Waals surface area (Å²) in [6, 6.07) is 1.59. The zero-order valence-electron chi connectivity index (χ0n) is 7.88. The first-order valence-corrected chi connectivity index (χ1v) is 4.04. The molecule has 0 fully saturated rings. The summed E-state index contributed by atoms with van der Waals surface area (Å²) in [4.78, 5) is 0. The van der Waals surface area contributed by atoms with Gasteiger partial charge >= 0.3 is 0 Å². The Balaban J connectivity index is 3.08. The number of nitrogens with zero attached hydrogens (tertiary/aromatic N) is 1. The van der Waals surface area contributed by atoms with E-state index in [1.807, 2.05) is 6.92 Å². The van der Waals surface area contributed by atoms with Crippen LogP contribution in [-0.2, 0) is 7.05 Å². The van der Waals surface area contributed by atoms with E-state index < -0.39 is 12.5 Å². The highest BCUT2D eigenvalue weighted by molar-refractivity contribution is 5.28. The Morgan fingerprint density at radius 1 is 1.38 bits per heavy atom. The Bertz CT molecular complexity index is 307. The highest BCUT2D eigenvalue weighted by Crippen LogP contribution is 2.25. The van der Waals surface area contributed by atoms with Crippen molar-refractivity contribution in [2.75, 3.05) is 0 Å². The lowest BCUT2D eigenvalue weighted by Crippen LogP contribution is -2.09. The summed E-state index contributed by atoms with van der Waals surface area (Å²) in [5.41, 5.74) is 1.87. The molecule has 0 bridgehead atoms. The molecule has 1 rings (SSSR count). The molecule has 1 heterocycles. The second-order valence-corrected chi connectivity index (χ2v) is 3.16. The fourth-order valence-electron chi connectivity index (χ4n) is 1.32. The first-order valence-electron chi connectivity index (χ1n) is 4.04. The molecule has 0 aliphatic heterocycles. The first-order chi connectivity index (χ1) is 5.95. The van der Waals surface area contributed by atoms with Gasteiger partial charge in [-0.1, -0.05) is 0 Å². The van der Waals surface area contributed by atoms with Crippen LogP contribution in [0.4, 0.5) is 8.78 Å². The summed E-state index contributed by atoms with van der Waals surface area (Å²) in [5.74, 6) is 0. The Kier molecular flexibility index (Phi) is 2.71. The fraction of sp³-hybridized carbons (Fsp3) is 0.556. The molecule has 13 heavy (non-hydrogen) atoms. The van der Waals surface area contributed by atoms with Crippen LogP contribution < -0.4 is 0 Å². The maximum atomic E-state index is 12.2. The highest BCUT2D eigenvalue weighted by Gasteiger charge is 2.23. The van der Waals surface area contributed by atoms with Crippen molar-refractivity contribution < 1.29 is 13.9 Å². The molecule has 0 amide bonds. The van der Waals surface area contributed by atoms with Crippen LogP contribution >= 0.6 is 0 Å². The lowest BCUT2D eigenvalue weighted by molar-refractivity contribution is -0.00614. The fourth-order valence-corrected chi connectivity index (χ4v) is 1.32. The van der Waals surface area contributed by atoms with Crippen LogP contribution in [0.15, 0.2) is 6.07 Å². The summed E-state index contributed by atoms with van der Waals surface area (Å²) in [7, 11) is 1.78. The minimum atomic E-state index is -2.72. The molecule has 0 aliphatic carbocycles. The summed E-state index contributed by atoms with van der Waals surface area (Å²) >= 11 is 0. The molecule has 1 unspecified atom stereocenters. The van der Waals surface area contributed by atoms with Gasteiger partial charge in [-0.2, -0.15) is 0 Å². The third-order valence-corrected chi connectivity index (χ3v) is 2.37. The van der Waals surface area contributed by atoms with Crippen LogP contribution in [0.1, 0.15) is 23.1 Å². The molecule has 1 N–H and O–H groups in total. The maximum Gasteiger partial charge on any atom is 0.268 e. The monoisotopic (exact) mass is 189 g/mol. The molecule has 1 aromatic heterocycles. The summed E-state index contributed by atoms with van der Waals surface area (Å²) in [5, 5.41) is 9.15. The van der Waals surface area contributed by atoms with Crippen LogP contribution in [0, 0.1) is 13.8 Å². The third-order valence-electron chi connectivity index (χ3n) is 2.37. The Morgan fingerprint density at radius 2 is 1.92 bits per heavy atom. The van der Waals surface area contributed by atoms with Crippen LogP contribution in [-0.4, -0.2) is 16.1 Å². The SMILES string of the molecule is Cc1cc(C(O)C(F)F)c(C)n1C. The van der Waals surface area contributed by atoms with E-state index in [0.717, 1.165) is 5.69 Å². The predicted octanol–water partition coefficient (Wildman–Crippen LogP) is 1.94. The van der Waals surface area contributed by atoms with Gasteiger partial charge in [0, 0.05) is 24.0 Å². The maximum absolute atomic E-state index is 12.2. The lowest BCUT2D eigenvalue weighted by Gasteiger charge is -2.09. The Labute approximate surface area is 75.8 Å². The topological polar surface area (TPSA) is 25.2 Å². The van der Waals surface area contributed by atoms with Crippen LogP contribution in [0.25, 0.3) is 0 Å². The standard InChI is InChI=1S/C9H13F2NO/c1-5-4-7(6(2)12(5)3)8(13)9(10)11/h4,8-9,13H,1-3H3. The van der Waals surface area contributed by atoms with E-state index in [9.17, 15) is 8.78 Å². The van der Waals surface area contributed by atoms with Crippen molar-refractivity contribution in [1.29, 1.82) is 0 Å². The molecule has 0 spiro atoms. The van der Waals surface area contributed by atoms with Crippen molar-refractivity contribution in [1.82, 2.24) is 4.57 Å². The normalized spacial score (nSPS) is 13.8. The van der Waals surface area contributed by atoms with Gasteiger partial charge in [-0.25, -0.2) is 8.78 Å². The predicted molar refractivity (Wildman–Crippen MR) is 45.9 cm³/mol. The van der Waals surface area contributed by atoms with E-state index in [1.165, 1.54) is 0 Å². The Morgan fingerprint density at radius 3 is 2.23 bits per heavy atom. The number of halogens is 2. The molecule has 74 valence electrons. The molecule has 0 saturated heterocycles. The lowest BCUT2D eigenvalue weighted by atomic mass is 10.1. The van der Waals surface area contributed by atoms with E-state index in [4.69, 9.17) is 5.11 Å². The average Bonchev–Trinajstić information content (AvgIpc) is 2.31. The Hall–Kier alpha value is -0.900. The van der Waals surface area contributed by atoms with Crippen molar-refractivity contribution in [2.45, 2.75) is 26.4 Å².